The average molecular weight is 291 g/mol. The fourth-order valence-electron chi connectivity index (χ4n) is 2.89. The maximum Gasteiger partial charge on any atom is 0.0880 e. The third-order valence-corrected chi connectivity index (χ3v) is 4.17. The first-order chi connectivity index (χ1) is 9.99. The Morgan fingerprint density at radius 1 is 1.19 bits per heavy atom. The highest BCUT2D eigenvalue weighted by Gasteiger charge is 2.32. The molecule has 0 amide bonds. The smallest absolute Gasteiger partial charge is 0.0880 e. The van der Waals surface area contributed by atoms with Crippen molar-refractivity contribution in [3.63, 3.8) is 0 Å². The predicted octanol–water partition coefficient (Wildman–Crippen LogP) is 3.12. The summed E-state index contributed by atoms with van der Waals surface area (Å²) in [6.07, 6.45) is 4.03. The molecule has 0 spiro atoms. The van der Waals surface area contributed by atoms with E-state index in [1.807, 2.05) is 6.07 Å². The zero-order valence-corrected chi connectivity index (χ0v) is 13.4. The maximum absolute atomic E-state index is 10.3. The quantitative estimate of drug-likeness (QED) is 0.773. The zero-order valence-electron chi connectivity index (χ0n) is 13.4. The maximum atomic E-state index is 10.3. The molecule has 0 bridgehead atoms. The van der Waals surface area contributed by atoms with E-state index in [1.165, 1.54) is 5.56 Å². The van der Waals surface area contributed by atoms with Crippen LogP contribution in [-0.2, 0) is 11.3 Å². The van der Waals surface area contributed by atoms with E-state index in [2.05, 4.69) is 43.4 Å². The van der Waals surface area contributed by atoms with E-state index in [4.69, 9.17) is 4.74 Å². The Bertz CT molecular complexity index is 410. The van der Waals surface area contributed by atoms with Crippen molar-refractivity contribution < 1.29 is 9.84 Å². The van der Waals surface area contributed by atoms with E-state index < -0.39 is 5.60 Å². The fraction of sp³-hybridized carbons (Fsp3) is 0.667. The average Bonchev–Trinajstić information content (AvgIpc) is 2.86. The van der Waals surface area contributed by atoms with E-state index >= 15 is 0 Å². The third-order valence-electron chi connectivity index (χ3n) is 4.17. The number of hydrogen-bond donors (Lipinski definition) is 2. The molecule has 0 unspecified atom stereocenters. The summed E-state index contributed by atoms with van der Waals surface area (Å²) in [4.78, 5) is 0. The zero-order chi connectivity index (χ0) is 15.2. The molecule has 0 saturated heterocycles. The Balaban J connectivity index is 1.64. The van der Waals surface area contributed by atoms with Crippen molar-refractivity contribution in [3.05, 3.63) is 35.9 Å². The molecule has 1 saturated carbocycles. The number of rotatable bonds is 8. The van der Waals surface area contributed by atoms with Crippen LogP contribution in [0.4, 0.5) is 0 Å². The summed E-state index contributed by atoms with van der Waals surface area (Å²) in [5.74, 6) is 0. The molecule has 0 aliphatic heterocycles. The van der Waals surface area contributed by atoms with Gasteiger partial charge in [0.25, 0.3) is 0 Å². The van der Waals surface area contributed by atoms with E-state index in [0.717, 1.165) is 38.8 Å². The monoisotopic (exact) mass is 291 g/mol. The molecular formula is C18H29NO2. The summed E-state index contributed by atoms with van der Waals surface area (Å²) in [5.41, 5.74) is 0.812. The molecule has 0 heterocycles. The van der Waals surface area contributed by atoms with Gasteiger partial charge < -0.3 is 15.2 Å². The normalized spacial score (nSPS) is 18.0. The van der Waals surface area contributed by atoms with Gasteiger partial charge in [0.2, 0.25) is 0 Å². The molecule has 1 aliphatic rings. The number of ether oxygens (including phenoxy) is 1. The van der Waals surface area contributed by atoms with Crippen molar-refractivity contribution in [1.82, 2.24) is 5.32 Å². The molecule has 21 heavy (non-hydrogen) atoms. The lowest BCUT2D eigenvalue weighted by Crippen LogP contribution is -2.36. The lowest BCUT2D eigenvalue weighted by atomic mass is 9.94. The van der Waals surface area contributed by atoms with Gasteiger partial charge in [-0.3, -0.25) is 0 Å². The highest BCUT2D eigenvalue weighted by atomic mass is 16.5. The van der Waals surface area contributed by atoms with Gasteiger partial charge in [0.15, 0.2) is 0 Å². The van der Waals surface area contributed by atoms with Crippen LogP contribution >= 0.6 is 0 Å². The number of hydrogen-bond acceptors (Lipinski definition) is 3. The Kier molecular flexibility index (Phi) is 5.80. The SMILES string of the molecule is CC(C)(CNCc1ccccc1)COCC1(O)CCCC1. The third kappa shape index (κ3) is 5.77. The van der Waals surface area contributed by atoms with Gasteiger partial charge in [-0.05, 0) is 18.4 Å². The minimum Gasteiger partial charge on any atom is -0.387 e. The van der Waals surface area contributed by atoms with Crippen LogP contribution in [0, 0.1) is 5.41 Å². The second-order valence-corrected chi connectivity index (χ2v) is 7.18. The van der Waals surface area contributed by atoms with E-state index in [9.17, 15) is 5.11 Å². The van der Waals surface area contributed by atoms with Crippen LogP contribution in [0.25, 0.3) is 0 Å². The molecule has 0 aromatic heterocycles. The fourth-order valence-corrected chi connectivity index (χ4v) is 2.89. The highest BCUT2D eigenvalue weighted by Crippen LogP contribution is 2.30. The van der Waals surface area contributed by atoms with Gasteiger partial charge in [0.05, 0.1) is 18.8 Å². The van der Waals surface area contributed by atoms with Crippen LogP contribution < -0.4 is 5.32 Å². The first-order valence-electron chi connectivity index (χ1n) is 8.04. The summed E-state index contributed by atoms with van der Waals surface area (Å²) in [6.45, 7) is 7.34. The van der Waals surface area contributed by atoms with Crippen LogP contribution in [0.5, 0.6) is 0 Å². The van der Waals surface area contributed by atoms with Crippen LogP contribution in [-0.4, -0.2) is 30.5 Å². The Morgan fingerprint density at radius 2 is 1.86 bits per heavy atom. The molecule has 0 atom stereocenters. The van der Waals surface area contributed by atoms with Crippen molar-refractivity contribution in [2.24, 2.45) is 5.41 Å². The summed E-state index contributed by atoms with van der Waals surface area (Å²) in [5, 5.41) is 13.8. The topological polar surface area (TPSA) is 41.5 Å². The lowest BCUT2D eigenvalue weighted by Gasteiger charge is -2.28. The van der Waals surface area contributed by atoms with Gasteiger partial charge in [0.1, 0.15) is 0 Å². The van der Waals surface area contributed by atoms with Crippen molar-refractivity contribution >= 4 is 0 Å². The predicted molar refractivity (Wildman–Crippen MR) is 86.2 cm³/mol. The molecule has 1 aromatic rings. The van der Waals surface area contributed by atoms with E-state index in [1.54, 1.807) is 0 Å². The Hall–Kier alpha value is -0.900. The molecule has 3 heteroatoms. The van der Waals surface area contributed by atoms with Crippen molar-refractivity contribution in [3.8, 4) is 0 Å². The largest absolute Gasteiger partial charge is 0.387 e. The molecule has 3 nitrogen and oxygen atoms in total. The molecule has 1 aromatic carbocycles. The number of benzene rings is 1. The Labute approximate surface area is 128 Å². The molecule has 1 aliphatic carbocycles. The van der Waals surface area contributed by atoms with Crippen molar-refractivity contribution in [2.75, 3.05) is 19.8 Å². The van der Waals surface area contributed by atoms with Gasteiger partial charge in [-0.25, -0.2) is 0 Å². The summed E-state index contributed by atoms with van der Waals surface area (Å²) in [7, 11) is 0. The first kappa shape index (κ1) is 16.5. The van der Waals surface area contributed by atoms with Crippen molar-refractivity contribution in [1.29, 1.82) is 0 Å². The number of aliphatic hydroxyl groups is 1. The summed E-state index contributed by atoms with van der Waals surface area (Å²) >= 11 is 0. The molecular weight excluding hydrogens is 262 g/mol. The summed E-state index contributed by atoms with van der Waals surface area (Å²) < 4.78 is 5.80. The molecule has 2 rings (SSSR count). The van der Waals surface area contributed by atoms with Crippen molar-refractivity contribution in [2.45, 2.75) is 51.7 Å². The second kappa shape index (κ2) is 7.39. The van der Waals surface area contributed by atoms with Crippen LogP contribution in [0.3, 0.4) is 0 Å². The lowest BCUT2D eigenvalue weighted by molar-refractivity contribution is -0.0589. The van der Waals surface area contributed by atoms with Gasteiger partial charge in [0, 0.05) is 18.5 Å². The molecule has 0 radical (unpaired) electrons. The standard InChI is InChI=1S/C18H29NO2/c1-17(2,13-19-12-16-8-4-3-5-9-16)14-21-15-18(20)10-6-7-11-18/h3-5,8-9,19-20H,6-7,10-15H2,1-2H3. The highest BCUT2D eigenvalue weighted by molar-refractivity contribution is 5.14. The van der Waals surface area contributed by atoms with E-state index in [0.29, 0.717) is 13.2 Å². The van der Waals surface area contributed by atoms with Crippen LogP contribution in [0.15, 0.2) is 30.3 Å². The van der Waals surface area contributed by atoms with Gasteiger partial charge in [-0.2, -0.15) is 0 Å². The minimum absolute atomic E-state index is 0.0732. The molecule has 2 N–H and O–H groups in total. The van der Waals surface area contributed by atoms with E-state index in [-0.39, 0.29) is 5.41 Å². The molecule has 1 fully saturated rings. The van der Waals surface area contributed by atoms with Crippen LogP contribution in [0.1, 0.15) is 45.1 Å². The van der Waals surface area contributed by atoms with Gasteiger partial charge in [-0.15, -0.1) is 0 Å². The van der Waals surface area contributed by atoms with Gasteiger partial charge in [-0.1, -0.05) is 57.0 Å². The minimum atomic E-state index is -0.562. The van der Waals surface area contributed by atoms with Gasteiger partial charge >= 0.3 is 0 Å². The second-order valence-electron chi connectivity index (χ2n) is 7.18. The first-order valence-corrected chi connectivity index (χ1v) is 8.04. The number of nitrogens with one attached hydrogen (secondary N) is 1. The summed E-state index contributed by atoms with van der Waals surface area (Å²) in [6, 6.07) is 10.4. The van der Waals surface area contributed by atoms with Crippen LogP contribution in [0.2, 0.25) is 0 Å². The molecule has 118 valence electrons. The Morgan fingerprint density at radius 3 is 2.52 bits per heavy atom.